The van der Waals surface area contributed by atoms with Crippen LogP contribution in [0, 0.1) is 13.8 Å². The molecule has 0 bridgehead atoms. The Kier molecular flexibility index (Phi) is 2.23. The third kappa shape index (κ3) is 1.40. The molecule has 2 aromatic rings. The fourth-order valence-corrected chi connectivity index (χ4v) is 1.79. The first-order valence-corrected chi connectivity index (χ1v) is 4.80. The predicted octanol–water partition coefficient (Wildman–Crippen LogP) is 2.34. The van der Waals surface area contributed by atoms with Crippen LogP contribution in [0.1, 0.15) is 21.5 Å². The number of rotatable bonds is 1. The molecular formula is C12H13NO2. The van der Waals surface area contributed by atoms with Gasteiger partial charge in [-0.1, -0.05) is 0 Å². The van der Waals surface area contributed by atoms with Crippen molar-refractivity contribution in [2.75, 3.05) is 7.11 Å². The van der Waals surface area contributed by atoms with Crippen LogP contribution in [0.2, 0.25) is 0 Å². The van der Waals surface area contributed by atoms with Gasteiger partial charge in [-0.15, -0.1) is 0 Å². The molecule has 15 heavy (non-hydrogen) atoms. The van der Waals surface area contributed by atoms with Gasteiger partial charge in [0.15, 0.2) is 0 Å². The smallest absolute Gasteiger partial charge is 0.340 e. The maximum Gasteiger partial charge on any atom is 0.340 e. The molecule has 0 aliphatic heterocycles. The van der Waals surface area contributed by atoms with Crippen molar-refractivity contribution in [1.29, 1.82) is 0 Å². The van der Waals surface area contributed by atoms with E-state index in [-0.39, 0.29) is 5.97 Å². The highest BCUT2D eigenvalue weighted by Gasteiger charge is 2.13. The van der Waals surface area contributed by atoms with Crippen LogP contribution in [-0.2, 0) is 4.74 Å². The number of methoxy groups -OCH3 is 1. The molecule has 0 atom stereocenters. The normalized spacial score (nSPS) is 10.6. The average molecular weight is 203 g/mol. The number of carbonyl (C=O) groups is 1. The number of pyridine rings is 1. The molecule has 3 nitrogen and oxygen atoms in total. The third-order valence-electron chi connectivity index (χ3n) is 2.71. The second-order valence-electron chi connectivity index (χ2n) is 3.61. The van der Waals surface area contributed by atoms with Crippen molar-refractivity contribution in [3.8, 4) is 0 Å². The Labute approximate surface area is 88.3 Å². The summed E-state index contributed by atoms with van der Waals surface area (Å²) < 4.78 is 6.71. The van der Waals surface area contributed by atoms with Gasteiger partial charge in [-0.05, 0) is 37.1 Å². The van der Waals surface area contributed by atoms with E-state index in [1.165, 1.54) is 12.7 Å². The summed E-state index contributed by atoms with van der Waals surface area (Å²) in [5.41, 5.74) is 3.84. The third-order valence-corrected chi connectivity index (χ3v) is 2.71. The Morgan fingerprint density at radius 1 is 1.40 bits per heavy atom. The summed E-state index contributed by atoms with van der Waals surface area (Å²) in [4.78, 5) is 11.6. The Hall–Kier alpha value is -1.77. The van der Waals surface area contributed by atoms with E-state index in [1.807, 2.05) is 36.7 Å². The van der Waals surface area contributed by atoms with Crippen LogP contribution in [0.3, 0.4) is 0 Å². The van der Waals surface area contributed by atoms with Crippen molar-refractivity contribution in [3.05, 3.63) is 41.2 Å². The molecule has 0 unspecified atom stereocenters. The molecule has 0 radical (unpaired) electrons. The van der Waals surface area contributed by atoms with E-state index in [1.54, 1.807) is 6.07 Å². The zero-order chi connectivity index (χ0) is 11.0. The topological polar surface area (TPSA) is 30.7 Å². The van der Waals surface area contributed by atoms with Crippen LogP contribution in [0.5, 0.6) is 0 Å². The van der Waals surface area contributed by atoms with Crippen LogP contribution in [0.25, 0.3) is 5.52 Å². The lowest BCUT2D eigenvalue weighted by molar-refractivity contribution is 0.0602. The molecule has 2 aromatic heterocycles. The lowest BCUT2D eigenvalue weighted by Gasteiger charge is -2.03. The minimum atomic E-state index is -0.290. The maximum absolute atomic E-state index is 11.6. The molecule has 0 aromatic carbocycles. The summed E-state index contributed by atoms with van der Waals surface area (Å²) in [5, 5.41) is 0. The van der Waals surface area contributed by atoms with Crippen molar-refractivity contribution in [2.45, 2.75) is 13.8 Å². The van der Waals surface area contributed by atoms with Gasteiger partial charge in [0.2, 0.25) is 0 Å². The van der Waals surface area contributed by atoms with Gasteiger partial charge in [0.05, 0.1) is 18.2 Å². The summed E-state index contributed by atoms with van der Waals surface area (Å²) in [5.74, 6) is -0.290. The molecule has 0 N–H and O–H groups in total. The molecule has 3 heteroatoms. The number of fused-ring (bicyclic) bond motifs is 1. The van der Waals surface area contributed by atoms with Crippen molar-refractivity contribution in [1.82, 2.24) is 4.40 Å². The quantitative estimate of drug-likeness (QED) is 0.666. The molecule has 0 aliphatic carbocycles. The van der Waals surface area contributed by atoms with E-state index < -0.39 is 0 Å². The lowest BCUT2D eigenvalue weighted by atomic mass is 10.1. The van der Waals surface area contributed by atoms with E-state index in [2.05, 4.69) is 0 Å². The highest BCUT2D eigenvalue weighted by atomic mass is 16.5. The van der Waals surface area contributed by atoms with Crippen LogP contribution in [-0.4, -0.2) is 17.5 Å². The zero-order valence-corrected chi connectivity index (χ0v) is 9.07. The van der Waals surface area contributed by atoms with Crippen LogP contribution in [0.15, 0.2) is 24.5 Å². The molecule has 0 aliphatic rings. The van der Waals surface area contributed by atoms with Gasteiger partial charge in [-0.2, -0.15) is 0 Å². The standard InChI is InChI=1S/C12H13NO2/c1-8-7-13-6-4-5-10(12(14)15-3)11(13)9(8)2/h4-7H,1-3H3. The molecule has 0 saturated heterocycles. The fraction of sp³-hybridized carbons (Fsp3) is 0.250. The molecule has 2 rings (SSSR count). The van der Waals surface area contributed by atoms with E-state index >= 15 is 0 Å². The highest BCUT2D eigenvalue weighted by Crippen LogP contribution is 2.21. The van der Waals surface area contributed by atoms with Gasteiger partial charge < -0.3 is 9.14 Å². The van der Waals surface area contributed by atoms with E-state index in [0.29, 0.717) is 5.56 Å². The van der Waals surface area contributed by atoms with Gasteiger partial charge in [-0.3, -0.25) is 0 Å². The first-order chi connectivity index (χ1) is 7.15. The second kappa shape index (κ2) is 3.42. The number of esters is 1. The Bertz CT molecular complexity index is 526. The van der Waals surface area contributed by atoms with E-state index in [4.69, 9.17) is 4.74 Å². The highest BCUT2D eigenvalue weighted by molar-refractivity contribution is 5.98. The first kappa shape index (κ1) is 9.77. The van der Waals surface area contributed by atoms with E-state index in [0.717, 1.165) is 11.1 Å². The summed E-state index contributed by atoms with van der Waals surface area (Å²) in [6.07, 6.45) is 3.94. The van der Waals surface area contributed by atoms with E-state index in [9.17, 15) is 4.79 Å². The first-order valence-electron chi connectivity index (χ1n) is 4.80. The maximum atomic E-state index is 11.6. The monoisotopic (exact) mass is 203 g/mol. The largest absolute Gasteiger partial charge is 0.465 e. The summed E-state index contributed by atoms with van der Waals surface area (Å²) in [6, 6.07) is 3.63. The number of ether oxygens (including phenoxy) is 1. The molecule has 78 valence electrons. The molecule has 0 amide bonds. The van der Waals surface area contributed by atoms with Gasteiger partial charge >= 0.3 is 5.97 Å². The summed E-state index contributed by atoms with van der Waals surface area (Å²) in [6.45, 7) is 4.04. The second-order valence-corrected chi connectivity index (χ2v) is 3.61. The molecule has 2 heterocycles. The number of aryl methyl sites for hydroxylation is 2. The van der Waals surface area contributed by atoms with Crippen LogP contribution < -0.4 is 0 Å². The van der Waals surface area contributed by atoms with Gasteiger partial charge in [0.25, 0.3) is 0 Å². The lowest BCUT2D eigenvalue weighted by Crippen LogP contribution is -2.03. The predicted molar refractivity (Wildman–Crippen MR) is 58.2 cm³/mol. The minimum absolute atomic E-state index is 0.290. The van der Waals surface area contributed by atoms with Gasteiger partial charge in [-0.25, -0.2) is 4.79 Å². The van der Waals surface area contributed by atoms with Gasteiger partial charge in [0, 0.05) is 12.4 Å². The van der Waals surface area contributed by atoms with Crippen molar-refractivity contribution in [2.24, 2.45) is 0 Å². The number of hydrogen-bond donors (Lipinski definition) is 0. The SMILES string of the molecule is COC(=O)c1cccn2cc(C)c(C)c12. The zero-order valence-electron chi connectivity index (χ0n) is 9.07. The fourth-order valence-electron chi connectivity index (χ4n) is 1.79. The Morgan fingerprint density at radius 2 is 2.13 bits per heavy atom. The Balaban J connectivity index is 2.80. The minimum Gasteiger partial charge on any atom is -0.465 e. The summed E-state index contributed by atoms with van der Waals surface area (Å²) in [7, 11) is 1.40. The number of hydrogen-bond acceptors (Lipinski definition) is 2. The van der Waals surface area contributed by atoms with Crippen molar-refractivity contribution < 1.29 is 9.53 Å². The average Bonchev–Trinajstić information content (AvgIpc) is 2.54. The summed E-state index contributed by atoms with van der Waals surface area (Å²) >= 11 is 0. The van der Waals surface area contributed by atoms with Crippen LogP contribution in [0.4, 0.5) is 0 Å². The van der Waals surface area contributed by atoms with Crippen molar-refractivity contribution in [3.63, 3.8) is 0 Å². The number of carbonyl (C=O) groups excluding carboxylic acids is 1. The molecule has 0 spiro atoms. The molecular weight excluding hydrogens is 190 g/mol. The van der Waals surface area contributed by atoms with Gasteiger partial charge in [0.1, 0.15) is 0 Å². The molecule has 0 fully saturated rings. The Morgan fingerprint density at radius 3 is 2.80 bits per heavy atom. The van der Waals surface area contributed by atoms with Crippen LogP contribution >= 0.6 is 0 Å². The van der Waals surface area contributed by atoms with Crippen molar-refractivity contribution >= 4 is 11.5 Å². The molecule has 0 saturated carbocycles. The number of nitrogens with zero attached hydrogens (tertiary/aromatic N) is 1. The number of aromatic nitrogens is 1.